The molecule has 0 radical (unpaired) electrons. The summed E-state index contributed by atoms with van der Waals surface area (Å²) < 4.78 is 29.3. The van der Waals surface area contributed by atoms with Crippen molar-refractivity contribution in [1.82, 2.24) is 0 Å². The number of sulfone groups is 1. The third-order valence-electron chi connectivity index (χ3n) is 3.64. The summed E-state index contributed by atoms with van der Waals surface area (Å²) in [7, 11) is -1.61. The van der Waals surface area contributed by atoms with Crippen molar-refractivity contribution in [2.75, 3.05) is 19.5 Å². The minimum atomic E-state index is -3.16. The van der Waals surface area contributed by atoms with Gasteiger partial charge in [-0.15, -0.1) is 0 Å². The minimum Gasteiger partial charge on any atom is -0.383 e. The van der Waals surface area contributed by atoms with Gasteiger partial charge in [0.05, 0.1) is 17.4 Å². The van der Waals surface area contributed by atoms with Gasteiger partial charge in [0, 0.05) is 18.8 Å². The van der Waals surface area contributed by atoms with E-state index >= 15 is 0 Å². The molecule has 18 heavy (non-hydrogen) atoms. The second-order valence-electron chi connectivity index (χ2n) is 4.81. The number of ether oxygens (including phenoxy) is 1. The molecule has 0 unspecified atom stereocenters. The highest BCUT2D eigenvalue weighted by Gasteiger charge is 2.68. The third-order valence-corrected chi connectivity index (χ3v) is 5.93. The Morgan fingerprint density at radius 3 is 2.44 bits per heavy atom. The lowest BCUT2D eigenvalue weighted by Gasteiger charge is -2.10. The maximum absolute atomic E-state index is 12.1. The second kappa shape index (κ2) is 4.64. The van der Waals surface area contributed by atoms with E-state index in [1.54, 1.807) is 14.0 Å². The Kier molecular flexibility index (Phi) is 3.49. The Morgan fingerprint density at radius 1 is 1.33 bits per heavy atom. The quantitative estimate of drug-likeness (QED) is 0.863. The van der Waals surface area contributed by atoms with Gasteiger partial charge in [-0.1, -0.05) is 37.3 Å². The number of methoxy groups -OCH3 is 1. The van der Waals surface area contributed by atoms with Gasteiger partial charge in [-0.05, 0) is 5.56 Å². The molecule has 0 saturated heterocycles. The van der Waals surface area contributed by atoms with Crippen molar-refractivity contribution < 1.29 is 13.2 Å². The molecule has 1 saturated carbocycles. The first-order valence-corrected chi connectivity index (χ1v) is 7.73. The van der Waals surface area contributed by atoms with E-state index in [1.807, 2.05) is 30.3 Å². The van der Waals surface area contributed by atoms with Crippen LogP contribution in [-0.2, 0) is 14.6 Å². The predicted molar refractivity (Wildman–Crippen MR) is 71.2 cm³/mol. The molecule has 5 heteroatoms. The second-order valence-corrected chi connectivity index (χ2v) is 7.22. The first-order valence-electron chi connectivity index (χ1n) is 6.01. The van der Waals surface area contributed by atoms with Crippen LogP contribution >= 0.6 is 0 Å². The Hall–Kier alpha value is -0.910. The molecule has 0 bridgehead atoms. The molecule has 4 nitrogen and oxygen atoms in total. The number of benzene rings is 1. The van der Waals surface area contributed by atoms with E-state index < -0.39 is 20.6 Å². The van der Waals surface area contributed by atoms with Crippen LogP contribution in [0.1, 0.15) is 18.4 Å². The van der Waals surface area contributed by atoms with Crippen LogP contribution in [0.15, 0.2) is 30.3 Å². The van der Waals surface area contributed by atoms with Gasteiger partial charge < -0.3 is 10.5 Å². The fourth-order valence-electron chi connectivity index (χ4n) is 2.71. The van der Waals surface area contributed by atoms with Crippen molar-refractivity contribution in [3.8, 4) is 0 Å². The summed E-state index contributed by atoms with van der Waals surface area (Å²) in [5.74, 6) is -0.0486. The highest BCUT2D eigenvalue weighted by Crippen LogP contribution is 2.54. The van der Waals surface area contributed by atoms with E-state index in [-0.39, 0.29) is 18.3 Å². The van der Waals surface area contributed by atoms with Crippen molar-refractivity contribution in [1.29, 1.82) is 0 Å². The van der Waals surface area contributed by atoms with Crippen LogP contribution in [-0.4, -0.2) is 38.7 Å². The monoisotopic (exact) mass is 269 g/mol. The van der Waals surface area contributed by atoms with E-state index in [1.165, 1.54) is 0 Å². The standard InChI is InChI=1S/C13H19NO3S/c1-3-18(15,16)12-11(13(12,14)9-17-2)10-7-5-4-6-8-10/h4-8,11-12H,3,9,14H2,1-2H3/t11-,12+,13+/m0/s1. The predicted octanol–water partition coefficient (Wildman–Crippen LogP) is 0.931. The fourth-order valence-corrected chi connectivity index (χ4v) is 4.70. The maximum Gasteiger partial charge on any atom is 0.155 e. The molecular weight excluding hydrogens is 250 g/mol. The Morgan fingerprint density at radius 2 is 1.94 bits per heavy atom. The van der Waals surface area contributed by atoms with Gasteiger partial charge in [0.1, 0.15) is 0 Å². The molecule has 1 aliphatic rings. The Balaban J connectivity index is 2.36. The molecule has 100 valence electrons. The smallest absolute Gasteiger partial charge is 0.155 e. The van der Waals surface area contributed by atoms with Gasteiger partial charge in [-0.25, -0.2) is 8.42 Å². The first-order chi connectivity index (χ1) is 8.47. The van der Waals surface area contributed by atoms with Crippen LogP contribution in [0.5, 0.6) is 0 Å². The Bertz CT molecular complexity index is 514. The van der Waals surface area contributed by atoms with Gasteiger partial charge in [0.15, 0.2) is 9.84 Å². The summed E-state index contributed by atoms with van der Waals surface area (Å²) in [5, 5.41) is -0.530. The zero-order valence-corrected chi connectivity index (χ0v) is 11.5. The largest absolute Gasteiger partial charge is 0.383 e. The summed E-state index contributed by atoms with van der Waals surface area (Å²) in [6.07, 6.45) is 0. The van der Waals surface area contributed by atoms with Crippen LogP contribution in [0.2, 0.25) is 0 Å². The summed E-state index contributed by atoms with van der Waals surface area (Å²) in [6.45, 7) is 1.92. The lowest BCUT2D eigenvalue weighted by Crippen LogP contribution is -2.36. The summed E-state index contributed by atoms with van der Waals surface area (Å²) in [4.78, 5) is 0. The van der Waals surface area contributed by atoms with E-state index in [0.29, 0.717) is 0 Å². The van der Waals surface area contributed by atoms with Crippen LogP contribution in [0.25, 0.3) is 0 Å². The normalized spacial score (nSPS) is 31.3. The average molecular weight is 269 g/mol. The molecule has 1 fully saturated rings. The van der Waals surface area contributed by atoms with Crippen molar-refractivity contribution in [2.45, 2.75) is 23.6 Å². The summed E-state index contributed by atoms with van der Waals surface area (Å²) >= 11 is 0. The molecule has 0 spiro atoms. The molecular formula is C13H19NO3S. The van der Waals surface area contributed by atoms with Gasteiger partial charge in [-0.3, -0.25) is 0 Å². The van der Waals surface area contributed by atoms with Gasteiger partial charge in [0.2, 0.25) is 0 Å². The number of hydrogen-bond acceptors (Lipinski definition) is 4. The molecule has 2 rings (SSSR count). The van der Waals surface area contributed by atoms with E-state index in [4.69, 9.17) is 10.5 Å². The highest BCUT2D eigenvalue weighted by molar-refractivity contribution is 7.92. The highest BCUT2D eigenvalue weighted by atomic mass is 32.2. The Labute approximate surface area is 108 Å². The molecule has 0 amide bonds. The minimum absolute atomic E-state index is 0.115. The molecule has 3 atom stereocenters. The van der Waals surface area contributed by atoms with Crippen LogP contribution in [0.3, 0.4) is 0 Å². The number of rotatable bonds is 5. The van der Waals surface area contributed by atoms with Crippen molar-refractivity contribution >= 4 is 9.84 Å². The molecule has 1 aromatic carbocycles. The first kappa shape index (κ1) is 13.5. The van der Waals surface area contributed by atoms with Gasteiger partial charge >= 0.3 is 0 Å². The molecule has 0 heterocycles. The van der Waals surface area contributed by atoms with E-state index in [0.717, 1.165) is 5.56 Å². The molecule has 1 aromatic rings. The van der Waals surface area contributed by atoms with Crippen molar-refractivity contribution in [3.63, 3.8) is 0 Å². The fraction of sp³-hybridized carbons (Fsp3) is 0.538. The topological polar surface area (TPSA) is 69.4 Å². The number of hydrogen-bond donors (Lipinski definition) is 1. The maximum atomic E-state index is 12.1. The molecule has 2 N–H and O–H groups in total. The van der Waals surface area contributed by atoms with Gasteiger partial charge in [0.25, 0.3) is 0 Å². The molecule has 0 aliphatic heterocycles. The zero-order chi connectivity index (χ0) is 13.4. The van der Waals surface area contributed by atoms with E-state index in [2.05, 4.69) is 0 Å². The molecule has 1 aliphatic carbocycles. The lowest BCUT2D eigenvalue weighted by molar-refractivity contribution is 0.171. The van der Waals surface area contributed by atoms with Crippen LogP contribution in [0, 0.1) is 0 Å². The van der Waals surface area contributed by atoms with Gasteiger partial charge in [-0.2, -0.15) is 0 Å². The summed E-state index contributed by atoms with van der Waals surface area (Å²) in [5.41, 5.74) is 6.42. The zero-order valence-electron chi connectivity index (χ0n) is 10.7. The van der Waals surface area contributed by atoms with Crippen LogP contribution in [0.4, 0.5) is 0 Å². The molecule has 0 aromatic heterocycles. The number of nitrogens with two attached hydrogens (primary N) is 1. The third kappa shape index (κ3) is 2.06. The summed E-state index contributed by atoms with van der Waals surface area (Å²) in [6, 6.07) is 9.55. The van der Waals surface area contributed by atoms with E-state index in [9.17, 15) is 8.42 Å². The lowest BCUT2D eigenvalue weighted by atomic mass is 10.1. The van der Waals surface area contributed by atoms with Crippen LogP contribution < -0.4 is 5.73 Å². The average Bonchev–Trinajstić information content (AvgIpc) is 2.98. The SMILES string of the molecule is CCS(=O)(=O)[C@@H]1[C@H](c2ccccc2)[C@]1(N)COC. The van der Waals surface area contributed by atoms with Crippen molar-refractivity contribution in [2.24, 2.45) is 5.73 Å². The van der Waals surface area contributed by atoms with Crippen molar-refractivity contribution in [3.05, 3.63) is 35.9 Å².